The highest BCUT2D eigenvalue weighted by atomic mass is 16.5. The van der Waals surface area contributed by atoms with Gasteiger partial charge in [-0.3, -0.25) is 4.79 Å². The number of aromatic nitrogens is 2. The second-order valence-electron chi connectivity index (χ2n) is 6.18. The number of ether oxygens (including phenoxy) is 2. The van der Waals surface area contributed by atoms with Crippen LogP contribution in [0.1, 0.15) is 50.5 Å². The van der Waals surface area contributed by atoms with Crippen molar-refractivity contribution in [1.82, 2.24) is 14.9 Å². The van der Waals surface area contributed by atoms with E-state index in [1.165, 1.54) is 6.42 Å². The van der Waals surface area contributed by atoms with Crippen molar-refractivity contribution in [3.63, 3.8) is 0 Å². The van der Waals surface area contributed by atoms with E-state index in [2.05, 4.69) is 10.3 Å². The molecule has 0 unspecified atom stereocenters. The molecule has 1 N–H and O–H groups in total. The van der Waals surface area contributed by atoms with Crippen LogP contribution in [0, 0.1) is 0 Å². The molecule has 0 aliphatic carbocycles. The molecule has 1 aromatic heterocycles. The zero-order chi connectivity index (χ0) is 15.4. The van der Waals surface area contributed by atoms with Crippen molar-refractivity contribution >= 4 is 5.91 Å². The van der Waals surface area contributed by atoms with Gasteiger partial charge in [0, 0.05) is 39.1 Å². The minimum atomic E-state index is -0.144. The fourth-order valence-corrected chi connectivity index (χ4v) is 3.25. The van der Waals surface area contributed by atoms with Gasteiger partial charge in [-0.1, -0.05) is 0 Å². The molecule has 2 fully saturated rings. The van der Waals surface area contributed by atoms with Crippen LogP contribution < -0.4 is 5.32 Å². The van der Waals surface area contributed by atoms with E-state index in [4.69, 9.17) is 9.47 Å². The van der Waals surface area contributed by atoms with Crippen LogP contribution in [-0.2, 0) is 21.3 Å². The van der Waals surface area contributed by atoms with Gasteiger partial charge in [0.1, 0.15) is 11.9 Å². The van der Waals surface area contributed by atoms with Gasteiger partial charge in [-0.2, -0.15) is 0 Å². The number of nitrogens with one attached hydrogen (secondary N) is 1. The first-order valence-corrected chi connectivity index (χ1v) is 8.24. The molecule has 2 saturated heterocycles. The number of hydrogen-bond donors (Lipinski definition) is 1. The third-order valence-corrected chi connectivity index (χ3v) is 4.52. The van der Waals surface area contributed by atoms with Gasteiger partial charge in [-0.05, 0) is 32.1 Å². The Labute approximate surface area is 131 Å². The lowest BCUT2D eigenvalue weighted by molar-refractivity contribution is -0.123. The Hall–Kier alpha value is -1.40. The first-order chi connectivity index (χ1) is 10.7. The Morgan fingerprint density at radius 1 is 1.36 bits per heavy atom. The van der Waals surface area contributed by atoms with Gasteiger partial charge in [-0.15, -0.1) is 0 Å². The number of carbonyl (C=O) groups excluding carboxylic acids is 1. The van der Waals surface area contributed by atoms with Crippen molar-refractivity contribution in [1.29, 1.82) is 0 Å². The second-order valence-corrected chi connectivity index (χ2v) is 6.18. The monoisotopic (exact) mass is 307 g/mol. The fourth-order valence-electron chi connectivity index (χ4n) is 3.25. The van der Waals surface area contributed by atoms with E-state index in [9.17, 15) is 4.79 Å². The predicted octanol–water partition coefficient (Wildman–Crippen LogP) is 1.72. The van der Waals surface area contributed by atoms with Crippen LogP contribution in [0.5, 0.6) is 0 Å². The molecule has 3 atom stereocenters. The first-order valence-electron chi connectivity index (χ1n) is 8.24. The summed E-state index contributed by atoms with van der Waals surface area (Å²) >= 11 is 0. The highest BCUT2D eigenvalue weighted by Crippen LogP contribution is 2.28. The Morgan fingerprint density at radius 3 is 3.00 bits per heavy atom. The Kier molecular flexibility index (Phi) is 5.10. The third kappa shape index (κ3) is 3.67. The molecule has 0 bridgehead atoms. The summed E-state index contributed by atoms with van der Waals surface area (Å²) < 4.78 is 13.4. The van der Waals surface area contributed by atoms with Crippen molar-refractivity contribution < 1.29 is 14.3 Å². The number of imidazole rings is 1. The standard InChI is InChI=1S/C16H25N3O3/c1-19-9-8-17-16(19)15-13(7-11-22-15)18-14(20)6-5-12-4-2-3-10-21-12/h8-9,12-13,15H,2-7,10-11H2,1H3,(H,18,20)/t12-,13+,15+/m1/s1. The molecule has 0 saturated carbocycles. The molecule has 6 heteroatoms. The summed E-state index contributed by atoms with van der Waals surface area (Å²) in [6, 6.07) is 0.0147. The van der Waals surface area contributed by atoms with E-state index in [0.717, 1.165) is 38.1 Å². The van der Waals surface area contributed by atoms with Crippen LogP contribution >= 0.6 is 0 Å². The molecule has 0 radical (unpaired) electrons. The van der Waals surface area contributed by atoms with Crippen molar-refractivity contribution in [3.8, 4) is 0 Å². The smallest absolute Gasteiger partial charge is 0.220 e. The SMILES string of the molecule is Cn1ccnc1[C@H]1OCC[C@@H]1NC(=O)CC[C@H]1CCCCO1. The Morgan fingerprint density at radius 2 is 2.27 bits per heavy atom. The fraction of sp³-hybridized carbons (Fsp3) is 0.750. The van der Waals surface area contributed by atoms with Crippen LogP contribution in [0.15, 0.2) is 12.4 Å². The summed E-state index contributed by atoms with van der Waals surface area (Å²) in [5.41, 5.74) is 0. The summed E-state index contributed by atoms with van der Waals surface area (Å²) in [7, 11) is 1.95. The van der Waals surface area contributed by atoms with Gasteiger partial charge in [0.15, 0.2) is 0 Å². The van der Waals surface area contributed by atoms with Crippen LogP contribution in [0.4, 0.5) is 0 Å². The van der Waals surface area contributed by atoms with E-state index in [1.807, 2.05) is 17.8 Å². The maximum atomic E-state index is 12.2. The van der Waals surface area contributed by atoms with E-state index in [-0.39, 0.29) is 24.2 Å². The molecule has 0 spiro atoms. The molecule has 3 heterocycles. The molecule has 2 aliphatic heterocycles. The highest BCUT2D eigenvalue weighted by Gasteiger charge is 2.33. The molecule has 3 rings (SSSR count). The first kappa shape index (κ1) is 15.5. The van der Waals surface area contributed by atoms with Gasteiger partial charge in [-0.25, -0.2) is 4.98 Å². The van der Waals surface area contributed by atoms with Crippen LogP contribution in [0.2, 0.25) is 0 Å². The molecule has 6 nitrogen and oxygen atoms in total. The summed E-state index contributed by atoms with van der Waals surface area (Å²) in [5.74, 6) is 0.960. The lowest BCUT2D eigenvalue weighted by Crippen LogP contribution is -2.38. The van der Waals surface area contributed by atoms with Crippen LogP contribution in [-0.4, -0.2) is 40.8 Å². The summed E-state index contributed by atoms with van der Waals surface area (Å²) in [6.07, 6.45) is 9.38. The number of aryl methyl sites for hydroxylation is 1. The summed E-state index contributed by atoms with van der Waals surface area (Å²) in [5, 5.41) is 3.11. The van der Waals surface area contributed by atoms with Crippen molar-refractivity contribution in [2.45, 2.75) is 56.8 Å². The van der Waals surface area contributed by atoms with E-state index < -0.39 is 0 Å². The lowest BCUT2D eigenvalue weighted by Gasteiger charge is -2.23. The van der Waals surface area contributed by atoms with Crippen LogP contribution in [0.3, 0.4) is 0 Å². The number of rotatable bonds is 5. The largest absolute Gasteiger partial charge is 0.378 e. The molecule has 22 heavy (non-hydrogen) atoms. The zero-order valence-corrected chi connectivity index (χ0v) is 13.2. The molecule has 2 aliphatic rings. The van der Waals surface area contributed by atoms with Gasteiger partial charge in [0.05, 0.1) is 12.1 Å². The molecular weight excluding hydrogens is 282 g/mol. The molecule has 122 valence electrons. The summed E-state index contributed by atoms with van der Waals surface area (Å²) in [4.78, 5) is 16.5. The Balaban J connectivity index is 1.49. The van der Waals surface area contributed by atoms with Crippen molar-refractivity contribution in [2.75, 3.05) is 13.2 Å². The van der Waals surface area contributed by atoms with Gasteiger partial charge in [0.2, 0.25) is 5.91 Å². The predicted molar refractivity (Wildman–Crippen MR) is 81.3 cm³/mol. The van der Waals surface area contributed by atoms with Gasteiger partial charge in [0.25, 0.3) is 0 Å². The van der Waals surface area contributed by atoms with E-state index in [0.29, 0.717) is 13.0 Å². The average molecular weight is 307 g/mol. The number of nitrogens with zero attached hydrogens (tertiary/aromatic N) is 2. The second kappa shape index (κ2) is 7.24. The highest BCUT2D eigenvalue weighted by molar-refractivity contribution is 5.76. The molecule has 1 amide bonds. The Bertz CT molecular complexity index is 497. The van der Waals surface area contributed by atoms with E-state index >= 15 is 0 Å². The average Bonchev–Trinajstić information content (AvgIpc) is 3.15. The number of amides is 1. The quantitative estimate of drug-likeness (QED) is 0.899. The van der Waals surface area contributed by atoms with Crippen molar-refractivity contribution in [3.05, 3.63) is 18.2 Å². The molecule has 1 aromatic rings. The van der Waals surface area contributed by atoms with E-state index in [1.54, 1.807) is 6.20 Å². The van der Waals surface area contributed by atoms with Gasteiger partial charge < -0.3 is 19.4 Å². The third-order valence-electron chi connectivity index (χ3n) is 4.52. The van der Waals surface area contributed by atoms with Crippen LogP contribution in [0.25, 0.3) is 0 Å². The zero-order valence-electron chi connectivity index (χ0n) is 13.2. The minimum absolute atomic E-state index is 0.0147. The molecule has 0 aromatic carbocycles. The number of carbonyl (C=O) groups is 1. The van der Waals surface area contributed by atoms with Gasteiger partial charge >= 0.3 is 0 Å². The maximum absolute atomic E-state index is 12.2. The topological polar surface area (TPSA) is 65.4 Å². The maximum Gasteiger partial charge on any atom is 0.220 e. The molecular formula is C16H25N3O3. The summed E-state index contributed by atoms with van der Waals surface area (Å²) in [6.45, 7) is 1.50. The normalized spacial score (nSPS) is 28.7. The van der Waals surface area contributed by atoms with Crippen molar-refractivity contribution in [2.24, 2.45) is 7.05 Å². The number of hydrogen-bond acceptors (Lipinski definition) is 4. The lowest BCUT2D eigenvalue weighted by atomic mass is 10.0. The minimum Gasteiger partial charge on any atom is -0.378 e.